The molecule has 72 valence electrons. The summed E-state index contributed by atoms with van der Waals surface area (Å²) in [5.74, 6) is 1.60. The van der Waals surface area contributed by atoms with Gasteiger partial charge in [-0.3, -0.25) is 0 Å². The van der Waals surface area contributed by atoms with Gasteiger partial charge in [-0.1, -0.05) is 6.92 Å². The Balaban J connectivity index is 1.97. The maximum Gasteiger partial charge on any atom is 0.210 e. The zero-order chi connectivity index (χ0) is 9.19. The lowest BCUT2D eigenvalue weighted by Gasteiger charge is -2.01. The summed E-state index contributed by atoms with van der Waals surface area (Å²) < 4.78 is 21.0. The Kier molecular flexibility index (Phi) is 3.09. The van der Waals surface area contributed by atoms with E-state index in [1.807, 2.05) is 0 Å². The van der Waals surface area contributed by atoms with Gasteiger partial charge in [-0.25, -0.2) is 13.6 Å². The Bertz CT molecular complexity index is 238. The molecule has 1 aliphatic rings. The first-order valence-electron chi connectivity index (χ1n) is 4.20. The van der Waals surface area contributed by atoms with Crippen LogP contribution in [0, 0.1) is 11.8 Å². The van der Waals surface area contributed by atoms with Crippen LogP contribution in [-0.2, 0) is 10.0 Å². The quantitative estimate of drug-likeness (QED) is 0.578. The van der Waals surface area contributed by atoms with Crippen LogP contribution in [0.2, 0.25) is 0 Å². The van der Waals surface area contributed by atoms with E-state index in [1.165, 1.54) is 6.42 Å². The van der Waals surface area contributed by atoms with Gasteiger partial charge in [0.2, 0.25) is 10.0 Å². The molecular weight excluding hydrogens is 176 g/mol. The maximum atomic E-state index is 10.5. The SMILES string of the molecule is CC1CC1CNCCS(N)(=O)=O. The molecule has 1 aliphatic carbocycles. The lowest BCUT2D eigenvalue weighted by atomic mass is 10.3. The van der Waals surface area contributed by atoms with E-state index in [0.717, 1.165) is 18.4 Å². The molecule has 0 aromatic rings. The molecule has 0 radical (unpaired) electrons. The predicted molar refractivity (Wildman–Crippen MR) is 48.1 cm³/mol. The first kappa shape index (κ1) is 9.95. The highest BCUT2D eigenvalue weighted by atomic mass is 32.2. The van der Waals surface area contributed by atoms with Crippen LogP contribution in [0.3, 0.4) is 0 Å². The van der Waals surface area contributed by atoms with Crippen molar-refractivity contribution in [2.45, 2.75) is 13.3 Å². The Morgan fingerprint density at radius 1 is 1.58 bits per heavy atom. The molecule has 4 nitrogen and oxygen atoms in total. The van der Waals surface area contributed by atoms with Crippen molar-refractivity contribution in [2.24, 2.45) is 17.0 Å². The highest BCUT2D eigenvalue weighted by Crippen LogP contribution is 2.36. The third kappa shape index (κ3) is 4.04. The van der Waals surface area contributed by atoms with Crippen molar-refractivity contribution in [1.82, 2.24) is 5.32 Å². The van der Waals surface area contributed by atoms with Crippen LogP contribution in [0.4, 0.5) is 0 Å². The molecule has 12 heavy (non-hydrogen) atoms. The van der Waals surface area contributed by atoms with Gasteiger partial charge in [0, 0.05) is 6.54 Å². The van der Waals surface area contributed by atoms with E-state index >= 15 is 0 Å². The predicted octanol–water partition coefficient (Wildman–Crippen LogP) is -0.479. The average molecular weight is 192 g/mol. The van der Waals surface area contributed by atoms with E-state index in [-0.39, 0.29) is 5.75 Å². The zero-order valence-corrected chi connectivity index (χ0v) is 8.10. The molecule has 0 saturated heterocycles. The second kappa shape index (κ2) is 3.72. The second-order valence-electron chi connectivity index (χ2n) is 3.54. The third-order valence-corrected chi connectivity index (χ3v) is 3.02. The first-order chi connectivity index (χ1) is 5.49. The largest absolute Gasteiger partial charge is 0.315 e. The van der Waals surface area contributed by atoms with Gasteiger partial charge in [0.15, 0.2) is 0 Å². The molecule has 5 heteroatoms. The van der Waals surface area contributed by atoms with Crippen molar-refractivity contribution < 1.29 is 8.42 Å². The van der Waals surface area contributed by atoms with Gasteiger partial charge >= 0.3 is 0 Å². The van der Waals surface area contributed by atoms with Crippen LogP contribution in [0.5, 0.6) is 0 Å². The van der Waals surface area contributed by atoms with E-state index < -0.39 is 10.0 Å². The van der Waals surface area contributed by atoms with Crippen molar-refractivity contribution in [2.75, 3.05) is 18.8 Å². The molecule has 0 aliphatic heterocycles. The van der Waals surface area contributed by atoms with Gasteiger partial charge in [0.25, 0.3) is 0 Å². The molecule has 0 spiro atoms. The summed E-state index contributed by atoms with van der Waals surface area (Å²) in [4.78, 5) is 0. The van der Waals surface area contributed by atoms with Crippen LogP contribution < -0.4 is 10.5 Å². The average Bonchev–Trinajstić information content (AvgIpc) is 2.57. The van der Waals surface area contributed by atoms with Gasteiger partial charge in [0.1, 0.15) is 0 Å². The van der Waals surface area contributed by atoms with Crippen molar-refractivity contribution in [3.05, 3.63) is 0 Å². The number of nitrogens with one attached hydrogen (secondary N) is 1. The topological polar surface area (TPSA) is 72.2 Å². The van der Waals surface area contributed by atoms with Gasteiger partial charge in [-0.15, -0.1) is 0 Å². The Hall–Kier alpha value is -0.130. The van der Waals surface area contributed by atoms with Crippen molar-refractivity contribution in [3.8, 4) is 0 Å². The Labute approximate surface area is 73.6 Å². The summed E-state index contributed by atoms with van der Waals surface area (Å²) in [6.45, 7) is 3.60. The fraction of sp³-hybridized carbons (Fsp3) is 1.00. The van der Waals surface area contributed by atoms with Crippen molar-refractivity contribution >= 4 is 10.0 Å². The number of nitrogens with two attached hydrogens (primary N) is 1. The normalized spacial score (nSPS) is 28.8. The second-order valence-corrected chi connectivity index (χ2v) is 5.28. The van der Waals surface area contributed by atoms with Gasteiger partial charge in [-0.05, 0) is 24.8 Å². The summed E-state index contributed by atoms with van der Waals surface area (Å²) in [5, 5.41) is 7.90. The number of primary sulfonamides is 1. The summed E-state index contributed by atoms with van der Waals surface area (Å²) in [6.07, 6.45) is 1.27. The minimum atomic E-state index is -3.28. The van der Waals surface area contributed by atoms with Gasteiger partial charge < -0.3 is 5.32 Å². The Morgan fingerprint density at radius 2 is 2.17 bits per heavy atom. The fourth-order valence-corrected chi connectivity index (χ4v) is 1.61. The summed E-state index contributed by atoms with van der Waals surface area (Å²) in [7, 11) is -3.28. The Morgan fingerprint density at radius 3 is 2.58 bits per heavy atom. The number of rotatable bonds is 5. The summed E-state index contributed by atoms with van der Waals surface area (Å²) in [6, 6.07) is 0. The lowest BCUT2D eigenvalue weighted by molar-refractivity contribution is 0.586. The molecule has 0 aromatic carbocycles. The molecule has 0 amide bonds. The molecule has 0 bridgehead atoms. The fourth-order valence-electron chi connectivity index (χ4n) is 1.19. The summed E-state index contributed by atoms with van der Waals surface area (Å²) >= 11 is 0. The number of sulfonamides is 1. The molecule has 0 aromatic heterocycles. The molecule has 2 unspecified atom stereocenters. The van der Waals surface area contributed by atoms with Crippen LogP contribution in [0.15, 0.2) is 0 Å². The molecule has 1 fully saturated rings. The number of hydrogen-bond acceptors (Lipinski definition) is 3. The minimum Gasteiger partial charge on any atom is -0.315 e. The smallest absolute Gasteiger partial charge is 0.210 e. The van der Waals surface area contributed by atoms with E-state index in [4.69, 9.17) is 5.14 Å². The van der Waals surface area contributed by atoms with Gasteiger partial charge in [-0.2, -0.15) is 0 Å². The maximum absolute atomic E-state index is 10.5. The highest BCUT2D eigenvalue weighted by Gasteiger charge is 2.31. The molecule has 3 N–H and O–H groups in total. The van der Waals surface area contributed by atoms with Crippen LogP contribution in [-0.4, -0.2) is 27.3 Å². The first-order valence-corrected chi connectivity index (χ1v) is 5.92. The van der Waals surface area contributed by atoms with Crippen LogP contribution in [0.1, 0.15) is 13.3 Å². The number of hydrogen-bond donors (Lipinski definition) is 2. The van der Waals surface area contributed by atoms with Crippen molar-refractivity contribution in [3.63, 3.8) is 0 Å². The van der Waals surface area contributed by atoms with E-state index in [9.17, 15) is 8.42 Å². The van der Waals surface area contributed by atoms with Crippen molar-refractivity contribution in [1.29, 1.82) is 0 Å². The third-order valence-electron chi connectivity index (χ3n) is 2.25. The minimum absolute atomic E-state index is 0.0358. The molecular formula is C7H16N2O2S. The van der Waals surface area contributed by atoms with Gasteiger partial charge in [0.05, 0.1) is 5.75 Å². The van der Waals surface area contributed by atoms with E-state index in [2.05, 4.69) is 12.2 Å². The molecule has 0 heterocycles. The van der Waals surface area contributed by atoms with Crippen LogP contribution >= 0.6 is 0 Å². The van der Waals surface area contributed by atoms with E-state index in [1.54, 1.807) is 0 Å². The monoisotopic (exact) mass is 192 g/mol. The van der Waals surface area contributed by atoms with Crippen LogP contribution in [0.25, 0.3) is 0 Å². The standard InChI is InChI=1S/C7H16N2O2S/c1-6-4-7(6)5-9-2-3-12(8,10)11/h6-7,9H,2-5H2,1H3,(H2,8,10,11). The summed E-state index contributed by atoms with van der Waals surface area (Å²) in [5.41, 5.74) is 0. The molecule has 1 rings (SSSR count). The molecule has 1 saturated carbocycles. The zero-order valence-electron chi connectivity index (χ0n) is 7.29. The highest BCUT2D eigenvalue weighted by molar-refractivity contribution is 7.89. The lowest BCUT2D eigenvalue weighted by Crippen LogP contribution is -2.28. The van der Waals surface area contributed by atoms with E-state index in [0.29, 0.717) is 6.54 Å². The molecule has 2 atom stereocenters.